The van der Waals surface area contributed by atoms with E-state index >= 15 is 0 Å². The molecule has 0 spiro atoms. The first-order valence-corrected chi connectivity index (χ1v) is 12.5. The first-order chi connectivity index (χ1) is 16.7. The highest BCUT2D eigenvalue weighted by molar-refractivity contribution is 7.10. The Morgan fingerprint density at radius 3 is 2.34 bits per heavy atom. The van der Waals surface area contributed by atoms with Gasteiger partial charge in [-0.25, -0.2) is 0 Å². The molecule has 0 fully saturated rings. The van der Waals surface area contributed by atoms with Crippen molar-refractivity contribution in [2.24, 2.45) is 0 Å². The monoisotopic (exact) mass is 493 g/mol. The summed E-state index contributed by atoms with van der Waals surface area (Å²) in [5, 5.41) is 13.4. The highest BCUT2D eigenvalue weighted by Gasteiger charge is 2.27. The third kappa shape index (κ3) is 6.54. The summed E-state index contributed by atoms with van der Waals surface area (Å²) in [6, 6.07) is 16.0. The Kier molecular flexibility index (Phi) is 8.76. The van der Waals surface area contributed by atoms with Gasteiger partial charge in [-0.2, -0.15) is 0 Å². The molecule has 0 bridgehead atoms. The van der Waals surface area contributed by atoms with Gasteiger partial charge in [-0.3, -0.25) is 19.7 Å². The van der Waals surface area contributed by atoms with E-state index < -0.39 is 4.92 Å². The largest absolute Gasteiger partial charge is 0.332 e. The van der Waals surface area contributed by atoms with E-state index in [0.29, 0.717) is 25.1 Å². The quantitative estimate of drug-likeness (QED) is 0.266. The zero-order chi connectivity index (χ0) is 25.5. The van der Waals surface area contributed by atoms with E-state index in [4.69, 9.17) is 0 Å². The number of thiophene rings is 1. The van der Waals surface area contributed by atoms with Crippen molar-refractivity contribution < 1.29 is 14.5 Å². The van der Waals surface area contributed by atoms with E-state index in [-0.39, 0.29) is 35.7 Å². The molecular formula is C27H31N3O4S. The van der Waals surface area contributed by atoms with E-state index in [1.165, 1.54) is 11.0 Å². The Labute approximate surface area is 210 Å². The minimum atomic E-state index is -0.490. The molecule has 0 aliphatic carbocycles. The maximum Gasteiger partial charge on any atom is 0.273 e. The number of nitrogens with zero attached hydrogens (tertiary/aromatic N) is 3. The van der Waals surface area contributed by atoms with Crippen LogP contribution in [0, 0.1) is 24.0 Å². The van der Waals surface area contributed by atoms with Gasteiger partial charge in [0.1, 0.15) is 6.54 Å². The maximum atomic E-state index is 13.6. The molecule has 3 rings (SSSR count). The molecule has 0 saturated carbocycles. The summed E-state index contributed by atoms with van der Waals surface area (Å²) in [7, 11) is 0. The second kappa shape index (κ2) is 11.8. The summed E-state index contributed by atoms with van der Waals surface area (Å²) in [6.07, 6.45) is 0.649. The molecule has 1 heterocycles. The number of nitro benzene ring substituents is 1. The zero-order valence-electron chi connectivity index (χ0n) is 20.6. The fourth-order valence-corrected chi connectivity index (χ4v) is 4.70. The van der Waals surface area contributed by atoms with Gasteiger partial charge in [0.25, 0.3) is 11.6 Å². The van der Waals surface area contributed by atoms with Gasteiger partial charge in [0, 0.05) is 34.7 Å². The third-order valence-electron chi connectivity index (χ3n) is 6.21. The number of rotatable bonds is 10. The van der Waals surface area contributed by atoms with Crippen LogP contribution in [0.15, 0.2) is 60.0 Å². The van der Waals surface area contributed by atoms with Crippen LogP contribution >= 0.6 is 11.3 Å². The van der Waals surface area contributed by atoms with Crippen molar-refractivity contribution in [3.8, 4) is 0 Å². The fraction of sp³-hybridized carbons (Fsp3) is 0.333. The summed E-state index contributed by atoms with van der Waals surface area (Å²) < 4.78 is 0. The van der Waals surface area contributed by atoms with Crippen LogP contribution in [0.1, 0.15) is 52.2 Å². The van der Waals surface area contributed by atoms with Crippen LogP contribution in [0.3, 0.4) is 0 Å². The Bertz CT molecular complexity index is 1190. The average Bonchev–Trinajstić information content (AvgIpc) is 3.26. The van der Waals surface area contributed by atoms with Crippen molar-refractivity contribution in [2.45, 2.75) is 53.2 Å². The Balaban J connectivity index is 1.88. The van der Waals surface area contributed by atoms with Crippen LogP contribution < -0.4 is 0 Å². The lowest BCUT2D eigenvalue weighted by Crippen LogP contribution is -2.46. The molecule has 0 radical (unpaired) electrons. The lowest BCUT2D eigenvalue weighted by atomic mass is 10.1. The van der Waals surface area contributed by atoms with E-state index in [2.05, 4.69) is 0 Å². The Hall–Kier alpha value is -3.52. The van der Waals surface area contributed by atoms with Crippen molar-refractivity contribution in [3.63, 3.8) is 0 Å². The summed E-state index contributed by atoms with van der Waals surface area (Å²) >= 11 is 1.61. The van der Waals surface area contributed by atoms with Crippen molar-refractivity contribution in [3.05, 3.63) is 97.2 Å². The molecule has 184 valence electrons. The van der Waals surface area contributed by atoms with E-state index in [1.54, 1.807) is 35.3 Å². The number of benzene rings is 2. The normalized spacial score (nSPS) is 11.7. The maximum absolute atomic E-state index is 13.6. The number of hydrogen-bond donors (Lipinski definition) is 0. The second-order valence-electron chi connectivity index (χ2n) is 8.71. The Morgan fingerprint density at radius 2 is 1.74 bits per heavy atom. The van der Waals surface area contributed by atoms with Crippen LogP contribution in [0.25, 0.3) is 0 Å². The van der Waals surface area contributed by atoms with Gasteiger partial charge >= 0.3 is 0 Å². The molecule has 1 aromatic heterocycles. The SMILES string of the molecule is CCC(C)N(CC(=O)N(Cc1ccccc1)Cc1sccc1C)C(=O)c1ccc(C)c([N+](=O)[O-])c1. The molecule has 7 nitrogen and oxygen atoms in total. The highest BCUT2D eigenvalue weighted by Crippen LogP contribution is 2.23. The number of nitro groups is 1. The average molecular weight is 494 g/mol. The lowest BCUT2D eigenvalue weighted by Gasteiger charge is -2.31. The van der Waals surface area contributed by atoms with Gasteiger partial charge < -0.3 is 9.80 Å². The number of aryl methyl sites for hydroxylation is 2. The van der Waals surface area contributed by atoms with Gasteiger partial charge in [0.05, 0.1) is 11.5 Å². The van der Waals surface area contributed by atoms with Crippen LogP contribution in [0.5, 0.6) is 0 Å². The summed E-state index contributed by atoms with van der Waals surface area (Å²) in [5.74, 6) is -0.556. The van der Waals surface area contributed by atoms with Gasteiger partial charge in [-0.15, -0.1) is 11.3 Å². The first-order valence-electron chi connectivity index (χ1n) is 11.6. The smallest absolute Gasteiger partial charge is 0.273 e. The minimum Gasteiger partial charge on any atom is -0.332 e. The van der Waals surface area contributed by atoms with E-state index in [9.17, 15) is 19.7 Å². The molecular weight excluding hydrogens is 462 g/mol. The molecule has 1 atom stereocenters. The van der Waals surface area contributed by atoms with Gasteiger partial charge in [0.2, 0.25) is 5.91 Å². The fourth-order valence-electron chi connectivity index (χ4n) is 3.77. The molecule has 3 aromatic rings. The van der Waals surface area contributed by atoms with Gasteiger partial charge in [0.15, 0.2) is 0 Å². The third-order valence-corrected chi connectivity index (χ3v) is 7.22. The molecule has 1 unspecified atom stereocenters. The van der Waals surface area contributed by atoms with Crippen LogP contribution in [-0.2, 0) is 17.9 Å². The molecule has 2 amide bonds. The van der Waals surface area contributed by atoms with Crippen LogP contribution in [0.2, 0.25) is 0 Å². The van der Waals surface area contributed by atoms with Crippen LogP contribution in [0.4, 0.5) is 5.69 Å². The lowest BCUT2D eigenvalue weighted by molar-refractivity contribution is -0.385. The molecule has 8 heteroatoms. The Morgan fingerprint density at radius 1 is 1.03 bits per heavy atom. The number of carbonyl (C=O) groups excluding carboxylic acids is 2. The molecule has 0 aliphatic heterocycles. The first kappa shape index (κ1) is 26.1. The van der Waals surface area contributed by atoms with Crippen LogP contribution in [-0.4, -0.2) is 39.1 Å². The van der Waals surface area contributed by atoms with Crippen molar-refractivity contribution >= 4 is 28.8 Å². The predicted octanol–water partition coefficient (Wildman–Crippen LogP) is 5.74. The molecule has 2 aromatic carbocycles. The number of carbonyl (C=O) groups is 2. The number of hydrogen-bond acceptors (Lipinski definition) is 5. The molecule has 35 heavy (non-hydrogen) atoms. The summed E-state index contributed by atoms with van der Waals surface area (Å²) in [4.78, 5) is 42.4. The minimum absolute atomic E-state index is 0.104. The molecule has 0 saturated heterocycles. The zero-order valence-corrected chi connectivity index (χ0v) is 21.4. The van der Waals surface area contributed by atoms with Crippen molar-refractivity contribution in [1.29, 1.82) is 0 Å². The van der Waals surface area contributed by atoms with Crippen molar-refractivity contribution in [1.82, 2.24) is 9.80 Å². The summed E-state index contributed by atoms with van der Waals surface area (Å²) in [6.45, 7) is 8.27. The van der Waals surface area contributed by atoms with Crippen molar-refractivity contribution in [2.75, 3.05) is 6.54 Å². The van der Waals surface area contributed by atoms with Gasteiger partial charge in [-0.1, -0.05) is 43.3 Å². The second-order valence-corrected chi connectivity index (χ2v) is 9.71. The molecule has 0 N–H and O–H groups in total. The van der Waals surface area contributed by atoms with E-state index in [1.807, 2.05) is 62.5 Å². The predicted molar refractivity (Wildman–Crippen MR) is 138 cm³/mol. The number of amides is 2. The van der Waals surface area contributed by atoms with E-state index in [0.717, 1.165) is 16.0 Å². The highest BCUT2D eigenvalue weighted by atomic mass is 32.1. The van der Waals surface area contributed by atoms with Gasteiger partial charge in [-0.05, 0) is 55.8 Å². The standard InChI is InChI=1S/C27H31N3O4S/c1-5-21(4)29(27(32)23-12-11-19(2)24(15-23)30(33)34)18-26(31)28(16-22-9-7-6-8-10-22)17-25-20(3)13-14-35-25/h6-15,21H,5,16-18H2,1-4H3. The molecule has 0 aliphatic rings. The summed E-state index contributed by atoms with van der Waals surface area (Å²) in [5.41, 5.74) is 2.72. The topological polar surface area (TPSA) is 83.8 Å².